The molecule has 1 heteroatoms. The predicted molar refractivity (Wildman–Crippen MR) is 78.8 cm³/mol. The van der Waals surface area contributed by atoms with Gasteiger partial charge in [-0.25, -0.2) is 0 Å². The van der Waals surface area contributed by atoms with Crippen molar-refractivity contribution < 1.29 is 6.22 Å². The van der Waals surface area contributed by atoms with E-state index in [0.717, 1.165) is 42.4 Å². The molecule has 19 heavy (non-hydrogen) atoms. The van der Waals surface area contributed by atoms with E-state index >= 15 is 0 Å². The van der Waals surface area contributed by atoms with Gasteiger partial charge >= 0.3 is 0 Å². The maximum atomic E-state index is 11.8. The molecule has 0 aromatic heterocycles. The average molecular weight is 262 g/mol. The van der Waals surface area contributed by atoms with Crippen LogP contribution in [0.1, 0.15) is 72.6 Å². The lowest BCUT2D eigenvalue weighted by atomic mass is 9.47. The summed E-state index contributed by atoms with van der Waals surface area (Å²) in [5.74, 6) is 5.40. The molecule has 0 aromatic carbocycles. The van der Waals surface area contributed by atoms with E-state index in [1.807, 2.05) is 0 Å². The van der Waals surface area contributed by atoms with Crippen molar-refractivity contribution in [3.05, 3.63) is 0 Å². The zero-order valence-electron chi connectivity index (χ0n) is 12.4. The second-order valence-corrected chi connectivity index (χ2v) is 8.23. The van der Waals surface area contributed by atoms with Crippen molar-refractivity contribution in [3.8, 4) is 0 Å². The average Bonchev–Trinajstić information content (AvgIpc) is 2.88. The van der Waals surface area contributed by atoms with Gasteiger partial charge in [0.25, 0.3) is 0 Å². The molecule has 0 heterocycles. The maximum absolute atomic E-state index is 11.8. The van der Waals surface area contributed by atoms with Crippen LogP contribution in [0.4, 0.5) is 0 Å². The third-order valence-corrected chi connectivity index (χ3v) is 7.68. The lowest BCUT2D eigenvalue weighted by Crippen LogP contribution is -2.51. The van der Waals surface area contributed by atoms with Gasteiger partial charge in [0, 0.05) is 14.3 Å². The molecule has 108 valence electrons. The van der Waals surface area contributed by atoms with Crippen LogP contribution in [0.15, 0.2) is 0 Å². The molecule has 4 aliphatic carbocycles. The van der Waals surface area contributed by atoms with Gasteiger partial charge in [0.05, 0.1) is 0 Å². The number of ketones is 1. The summed E-state index contributed by atoms with van der Waals surface area (Å²) in [6, 6.07) is 0. The van der Waals surface area contributed by atoms with E-state index < -0.39 is 0 Å². The molecule has 4 fully saturated rings. The number of Topliss-reactive ketones (excluding diaryl/α,β-unsaturated/α-hetero) is 1. The molecular formula is C18H30O. The Labute approximate surface area is 119 Å². The van der Waals surface area contributed by atoms with Crippen LogP contribution in [0, 0.1) is 35.0 Å². The maximum Gasteiger partial charge on any atom is 0.133 e. The highest BCUT2D eigenvalue weighted by atomic mass is 16.1. The SMILES string of the molecule is C[C@]12CCC(=O)C[C@@H]1CCC1[C@@H]3CCCC3CC[C@@H]12.[HH]. The van der Waals surface area contributed by atoms with Gasteiger partial charge < -0.3 is 0 Å². The molecule has 0 bridgehead atoms. The van der Waals surface area contributed by atoms with Crippen LogP contribution in [-0.4, -0.2) is 5.78 Å². The Kier molecular flexibility index (Phi) is 2.83. The van der Waals surface area contributed by atoms with Crippen molar-refractivity contribution in [2.24, 2.45) is 35.0 Å². The summed E-state index contributed by atoms with van der Waals surface area (Å²) < 4.78 is 0. The normalized spacial score (nSPS) is 53.3. The summed E-state index contributed by atoms with van der Waals surface area (Å²) >= 11 is 0. The minimum Gasteiger partial charge on any atom is -0.300 e. The fourth-order valence-corrected chi connectivity index (χ4v) is 6.66. The second-order valence-electron chi connectivity index (χ2n) is 8.23. The zero-order chi connectivity index (χ0) is 13.0. The second kappa shape index (κ2) is 4.33. The van der Waals surface area contributed by atoms with Crippen LogP contribution in [0.3, 0.4) is 0 Å². The molecule has 6 atom stereocenters. The summed E-state index contributed by atoms with van der Waals surface area (Å²) in [6.07, 6.45) is 13.3. The Morgan fingerprint density at radius 3 is 2.84 bits per heavy atom. The van der Waals surface area contributed by atoms with E-state index in [0.29, 0.717) is 11.2 Å². The van der Waals surface area contributed by atoms with Crippen molar-refractivity contribution >= 4 is 5.78 Å². The van der Waals surface area contributed by atoms with Gasteiger partial charge in [-0.1, -0.05) is 19.8 Å². The zero-order valence-corrected chi connectivity index (χ0v) is 12.4. The minimum absolute atomic E-state index is 0. The van der Waals surface area contributed by atoms with Gasteiger partial charge in [-0.15, -0.1) is 0 Å². The molecule has 0 spiro atoms. The van der Waals surface area contributed by atoms with E-state index in [-0.39, 0.29) is 1.43 Å². The van der Waals surface area contributed by atoms with E-state index in [2.05, 4.69) is 6.92 Å². The van der Waals surface area contributed by atoms with Gasteiger partial charge in [-0.3, -0.25) is 4.79 Å². The minimum atomic E-state index is 0. The number of hydrogen-bond acceptors (Lipinski definition) is 1. The molecule has 1 nitrogen and oxygen atoms in total. The number of rotatable bonds is 0. The summed E-state index contributed by atoms with van der Waals surface area (Å²) in [5, 5.41) is 0. The summed E-state index contributed by atoms with van der Waals surface area (Å²) in [5.41, 5.74) is 0.518. The van der Waals surface area contributed by atoms with Crippen LogP contribution in [-0.2, 0) is 4.79 Å². The third kappa shape index (κ3) is 1.76. The van der Waals surface area contributed by atoms with Gasteiger partial charge in [0.15, 0.2) is 0 Å². The highest BCUT2D eigenvalue weighted by Crippen LogP contribution is 2.62. The van der Waals surface area contributed by atoms with E-state index in [1.54, 1.807) is 0 Å². The molecule has 4 saturated carbocycles. The molecule has 0 N–H and O–H groups in total. The molecule has 4 rings (SSSR count). The number of carbonyl (C=O) groups is 1. The fourth-order valence-electron chi connectivity index (χ4n) is 6.66. The first-order valence-electron chi connectivity index (χ1n) is 8.70. The van der Waals surface area contributed by atoms with E-state index in [4.69, 9.17) is 0 Å². The number of fused-ring (bicyclic) bond motifs is 5. The smallest absolute Gasteiger partial charge is 0.133 e. The molecule has 0 aromatic rings. The largest absolute Gasteiger partial charge is 0.300 e. The van der Waals surface area contributed by atoms with Crippen molar-refractivity contribution in [2.45, 2.75) is 71.1 Å². The van der Waals surface area contributed by atoms with Crippen LogP contribution >= 0.6 is 0 Å². The number of hydrogen-bond donors (Lipinski definition) is 0. The first-order chi connectivity index (χ1) is 9.18. The van der Waals surface area contributed by atoms with Gasteiger partial charge in [-0.2, -0.15) is 0 Å². The molecular weight excluding hydrogens is 232 g/mol. The summed E-state index contributed by atoms with van der Waals surface area (Å²) in [7, 11) is 0. The Balaban J connectivity index is 0.00000121. The Morgan fingerprint density at radius 2 is 1.95 bits per heavy atom. The quantitative estimate of drug-likeness (QED) is 0.610. The first kappa shape index (κ1) is 12.4. The van der Waals surface area contributed by atoms with Crippen molar-refractivity contribution in [1.29, 1.82) is 0 Å². The lowest BCUT2D eigenvalue weighted by Gasteiger charge is -2.57. The van der Waals surface area contributed by atoms with E-state index in [1.165, 1.54) is 51.4 Å². The molecule has 4 aliphatic rings. The van der Waals surface area contributed by atoms with Gasteiger partial charge in [-0.05, 0) is 73.5 Å². The Bertz CT molecular complexity index is 393. The Hall–Kier alpha value is -0.330. The highest BCUT2D eigenvalue weighted by molar-refractivity contribution is 5.79. The fraction of sp³-hybridized carbons (Fsp3) is 0.944. The van der Waals surface area contributed by atoms with E-state index in [9.17, 15) is 4.79 Å². The molecule has 2 unspecified atom stereocenters. The topological polar surface area (TPSA) is 17.1 Å². The van der Waals surface area contributed by atoms with Crippen LogP contribution in [0.5, 0.6) is 0 Å². The Morgan fingerprint density at radius 1 is 1.05 bits per heavy atom. The van der Waals surface area contributed by atoms with Crippen LogP contribution in [0.25, 0.3) is 0 Å². The summed E-state index contributed by atoms with van der Waals surface area (Å²) in [4.78, 5) is 11.8. The number of carbonyl (C=O) groups excluding carboxylic acids is 1. The lowest BCUT2D eigenvalue weighted by molar-refractivity contribution is -0.134. The standard InChI is InChI=1S/C18H28O.H2/c1-18-10-9-14(19)11-13(18)6-7-16-15-4-2-3-12(15)5-8-17(16)18;/h12-13,15-17H,2-11H2,1H3;1H/t12?,13-,15+,16?,17-,18-;/m0./s1. The van der Waals surface area contributed by atoms with Gasteiger partial charge in [0.1, 0.15) is 5.78 Å². The van der Waals surface area contributed by atoms with Crippen LogP contribution < -0.4 is 0 Å². The van der Waals surface area contributed by atoms with Crippen molar-refractivity contribution in [3.63, 3.8) is 0 Å². The van der Waals surface area contributed by atoms with Gasteiger partial charge in [0.2, 0.25) is 0 Å². The highest BCUT2D eigenvalue weighted by Gasteiger charge is 2.54. The first-order valence-corrected chi connectivity index (χ1v) is 8.70. The van der Waals surface area contributed by atoms with Crippen molar-refractivity contribution in [1.82, 2.24) is 0 Å². The molecule has 0 saturated heterocycles. The third-order valence-electron chi connectivity index (χ3n) is 7.68. The van der Waals surface area contributed by atoms with Crippen LogP contribution in [0.2, 0.25) is 0 Å². The summed E-state index contributed by atoms with van der Waals surface area (Å²) in [6.45, 7) is 2.55. The molecule has 0 aliphatic heterocycles. The molecule has 0 radical (unpaired) electrons. The monoisotopic (exact) mass is 262 g/mol. The predicted octanol–water partition coefficient (Wildman–Crippen LogP) is 4.84. The molecule has 0 amide bonds. The van der Waals surface area contributed by atoms with Crippen molar-refractivity contribution in [2.75, 3.05) is 0 Å².